The molecule has 1 N–H and O–H groups in total. The van der Waals surface area contributed by atoms with Crippen LogP contribution >= 0.6 is 23.4 Å². The fourth-order valence-corrected chi connectivity index (χ4v) is 3.04. The van der Waals surface area contributed by atoms with Crippen LogP contribution in [0.4, 0.5) is 5.69 Å². The largest absolute Gasteiger partial charge is 0.495 e. The van der Waals surface area contributed by atoms with Gasteiger partial charge < -0.3 is 10.1 Å². The Bertz CT molecular complexity index is 686. The van der Waals surface area contributed by atoms with Gasteiger partial charge in [0.1, 0.15) is 5.75 Å². The summed E-state index contributed by atoms with van der Waals surface area (Å²) in [6.45, 7) is 3.95. The summed E-state index contributed by atoms with van der Waals surface area (Å²) in [6, 6.07) is 11.8. The summed E-state index contributed by atoms with van der Waals surface area (Å²) in [5.74, 6) is 1.26. The molecule has 0 saturated heterocycles. The van der Waals surface area contributed by atoms with Gasteiger partial charge in [0, 0.05) is 28.2 Å². The van der Waals surface area contributed by atoms with Gasteiger partial charge in [0.2, 0.25) is 5.91 Å². The topological polar surface area (TPSA) is 38.3 Å². The quantitative estimate of drug-likeness (QED) is 0.738. The zero-order valence-corrected chi connectivity index (χ0v) is 15.1. The van der Waals surface area contributed by atoms with Gasteiger partial charge in [-0.25, -0.2) is 0 Å². The average Bonchev–Trinajstić information content (AvgIpc) is 2.52. The Hall–Kier alpha value is -1.65. The highest BCUT2D eigenvalue weighted by Crippen LogP contribution is 2.31. The summed E-state index contributed by atoms with van der Waals surface area (Å²) in [4.78, 5) is 13.3. The molecule has 0 heterocycles. The first-order valence-corrected chi connectivity index (χ1v) is 8.69. The number of hydrogen-bond donors (Lipinski definition) is 1. The molecule has 0 aliphatic heterocycles. The fourth-order valence-electron chi connectivity index (χ4n) is 2.04. The standard InChI is InChI=1S/C18H20ClNO2S/c1-12-4-6-14(7-5-12)23-9-8-18(21)20-16-10-13(2)15(19)11-17(16)22-3/h4-7,10-11H,8-9H2,1-3H3,(H,20,21). The molecule has 0 aromatic heterocycles. The van der Waals surface area contributed by atoms with Crippen LogP contribution in [0.2, 0.25) is 5.02 Å². The van der Waals surface area contributed by atoms with Crippen molar-refractivity contribution in [3.05, 3.63) is 52.5 Å². The molecule has 122 valence electrons. The first kappa shape index (κ1) is 17.7. The minimum absolute atomic E-state index is 0.0374. The van der Waals surface area contributed by atoms with Crippen LogP contribution in [-0.2, 0) is 4.79 Å². The number of aryl methyl sites for hydroxylation is 2. The first-order chi connectivity index (χ1) is 11.0. The van der Waals surface area contributed by atoms with Gasteiger partial charge in [-0.1, -0.05) is 29.3 Å². The monoisotopic (exact) mass is 349 g/mol. The third-order valence-electron chi connectivity index (χ3n) is 3.37. The van der Waals surface area contributed by atoms with Crippen molar-refractivity contribution in [1.29, 1.82) is 0 Å². The third kappa shape index (κ3) is 5.19. The van der Waals surface area contributed by atoms with Crippen molar-refractivity contribution in [3.8, 4) is 5.75 Å². The number of halogens is 1. The predicted octanol–water partition coefficient (Wildman–Crippen LogP) is 5.09. The van der Waals surface area contributed by atoms with E-state index in [0.29, 0.717) is 22.9 Å². The van der Waals surface area contributed by atoms with Gasteiger partial charge in [0.15, 0.2) is 0 Å². The highest BCUT2D eigenvalue weighted by Gasteiger charge is 2.10. The van der Waals surface area contributed by atoms with Crippen LogP contribution in [0.5, 0.6) is 5.75 Å². The molecule has 0 spiro atoms. The second kappa shape index (κ2) is 8.27. The number of thioether (sulfide) groups is 1. The number of amides is 1. The molecule has 0 atom stereocenters. The number of hydrogen-bond acceptors (Lipinski definition) is 3. The summed E-state index contributed by atoms with van der Waals surface area (Å²) in [7, 11) is 1.56. The van der Waals surface area contributed by atoms with E-state index in [2.05, 4.69) is 36.5 Å². The number of anilines is 1. The molecular weight excluding hydrogens is 330 g/mol. The molecule has 23 heavy (non-hydrogen) atoms. The maximum Gasteiger partial charge on any atom is 0.225 e. The molecule has 0 bridgehead atoms. The molecule has 0 saturated carbocycles. The average molecular weight is 350 g/mol. The molecule has 5 heteroatoms. The van der Waals surface area contributed by atoms with Crippen LogP contribution in [0.15, 0.2) is 41.3 Å². The van der Waals surface area contributed by atoms with E-state index in [4.69, 9.17) is 16.3 Å². The highest BCUT2D eigenvalue weighted by molar-refractivity contribution is 7.99. The van der Waals surface area contributed by atoms with Gasteiger partial charge in [0.05, 0.1) is 12.8 Å². The van der Waals surface area contributed by atoms with Crippen LogP contribution in [-0.4, -0.2) is 18.8 Å². The Kier molecular flexibility index (Phi) is 6.37. The van der Waals surface area contributed by atoms with Crippen LogP contribution < -0.4 is 10.1 Å². The molecule has 0 aliphatic rings. The number of nitrogens with one attached hydrogen (secondary N) is 1. The Morgan fingerprint density at radius 2 is 1.91 bits per heavy atom. The second-order valence-electron chi connectivity index (χ2n) is 5.26. The van der Waals surface area contributed by atoms with Crippen molar-refractivity contribution in [2.75, 3.05) is 18.2 Å². The summed E-state index contributed by atoms with van der Waals surface area (Å²) in [6.07, 6.45) is 0.434. The lowest BCUT2D eigenvalue weighted by molar-refractivity contribution is -0.115. The number of carbonyl (C=O) groups excluding carboxylic acids is 1. The van der Waals surface area contributed by atoms with Crippen molar-refractivity contribution in [2.45, 2.75) is 25.2 Å². The van der Waals surface area contributed by atoms with E-state index in [1.54, 1.807) is 24.9 Å². The number of ether oxygens (including phenoxy) is 1. The number of methoxy groups -OCH3 is 1. The Labute approximate surface area is 146 Å². The van der Waals surface area contributed by atoms with E-state index >= 15 is 0 Å². The zero-order valence-electron chi connectivity index (χ0n) is 13.5. The molecule has 0 fully saturated rings. The van der Waals surface area contributed by atoms with E-state index in [0.717, 1.165) is 11.3 Å². The summed E-state index contributed by atoms with van der Waals surface area (Å²) in [5.41, 5.74) is 2.79. The van der Waals surface area contributed by atoms with E-state index in [-0.39, 0.29) is 5.91 Å². The Balaban J connectivity index is 1.89. The molecule has 2 rings (SSSR count). The number of benzene rings is 2. The zero-order chi connectivity index (χ0) is 16.8. The lowest BCUT2D eigenvalue weighted by Gasteiger charge is -2.12. The molecule has 0 unspecified atom stereocenters. The van der Waals surface area contributed by atoms with Crippen LogP contribution in [0, 0.1) is 13.8 Å². The van der Waals surface area contributed by atoms with Crippen molar-refractivity contribution in [1.82, 2.24) is 0 Å². The smallest absolute Gasteiger partial charge is 0.225 e. The van der Waals surface area contributed by atoms with Crippen LogP contribution in [0.25, 0.3) is 0 Å². The van der Waals surface area contributed by atoms with Crippen molar-refractivity contribution < 1.29 is 9.53 Å². The normalized spacial score (nSPS) is 10.4. The van der Waals surface area contributed by atoms with Gasteiger partial charge in [-0.2, -0.15) is 0 Å². The third-order valence-corrected chi connectivity index (χ3v) is 4.79. The minimum Gasteiger partial charge on any atom is -0.495 e. The first-order valence-electron chi connectivity index (χ1n) is 7.33. The van der Waals surface area contributed by atoms with Crippen LogP contribution in [0.3, 0.4) is 0 Å². The summed E-state index contributed by atoms with van der Waals surface area (Å²) in [5, 5.41) is 3.51. The second-order valence-corrected chi connectivity index (χ2v) is 6.84. The van der Waals surface area contributed by atoms with Crippen molar-refractivity contribution in [3.63, 3.8) is 0 Å². The maximum absolute atomic E-state index is 12.1. The lowest BCUT2D eigenvalue weighted by Crippen LogP contribution is -2.13. The van der Waals surface area contributed by atoms with Gasteiger partial charge in [-0.15, -0.1) is 11.8 Å². The van der Waals surface area contributed by atoms with E-state index in [1.807, 2.05) is 13.0 Å². The van der Waals surface area contributed by atoms with Gasteiger partial charge >= 0.3 is 0 Å². The van der Waals surface area contributed by atoms with Crippen molar-refractivity contribution in [2.24, 2.45) is 0 Å². The predicted molar refractivity (Wildman–Crippen MR) is 97.9 cm³/mol. The van der Waals surface area contributed by atoms with E-state index in [9.17, 15) is 4.79 Å². The Morgan fingerprint density at radius 1 is 1.22 bits per heavy atom. The molecular formula is C18H20ClNO2S. The lowest BCUT2D eigenvalue weighted by atomic mass is 10.2. The fraction of sp³-hybridized carbons (Fsp3) is 0.278. The van der Waals surface area contributed by atoms with E-state index in [1.165, 1.54) is 10.5 Å². The van der Waals surface area contributed by atoms with E-state index < -0.39 is 0 Å². The van der Waals surface area contributed by atoms with Gasteiger partial charge in [-0.05, 0) is 37.6 Å². The number of carbonyl (C=O) groups is 1. The van der Waals surface area contributed by atoms with Crippen molar-refractivity contribution >= 4 is 35.0 Å². The molecule has 0 radical (unpaired) electrons. The summed E-state index contributed by atoms with van der Waals surface area (Å²) >= 11 is 7.74. The molecule has 2 aromatic rings. The SMILES string of the molecule is COc1cc(Cl)c(C)cc1NC(=O)CCSc1ccc(C)cc1. The molecule has 2 aromatic carbocycles. The van der Waals surface area contributed by atoms with Gasteiger partial charge in [0.25, 0.3) is 0 Å². The summed E-state index contributed by atoms with van der Waals surface area (Å²) < 4.78 is 5.26. The highest BCUT2D eigenvalue weighted by atomic mass is 35.5. The van der Waals surface area contributed by atoms with Crippen LogP contribution in [0.1, 0.15) is 17.5 Å². The molecule has 0 aliphatic carbocycles. The molecule has 3 nitrogen and oxygen atoms in total. The molecule has 1 amide bonds. The van der Waals surface area contributed by atoms with Gasteiger partial charge in [-0.3, -0.25) is 4.79 Å². The Morgan fingerprint density at radius 3 is 2.57 bits per heavy atom. The maximum atomic E-state index is 12.1. The minimum atomic E-state index is -0.0374. The number of rotatable bonds is 6.